The Kier molecular flexibility index (Phi) is 6.74. The van der Waals surface area contributed by atoms with Crippen LogP contribution in [0.4, 0.5) is 0 Å². The van der Waals surface area contributed by atoms with Crippen LogP contribution in [0.1, 0.15) is 67.7 Å². The summed E-state index contributed by atoms with van der Waals surface area (Å²) in [5, 5.41) is 3.20. The van der Waals surface area contributed by atoms with Crippen molar-refractivity contribution in [2.45, 2.75) is 57.9 Å². The van der Waals surface area contributed by atoms with E-state index in [0.29, 0.717) is 6.54 Å². The molecule has 0 aromatic heterocycles. The Morgan fingerprint density at radius 3 is 2.42 bits per heavy atom. The van der Waals surface area contributed by atoms with Gasteiger partial charge in [0, 0.05) is 24.9 Å². The number of benzene rings is 2. The Bertz CT molecular complexity index is 904. The Labute approximate surface area is 186 Å². The highest BCUT2D eigenvalue weighted by Gasteiger charge is 2.37. The van der Waals surface area contributed by atoms with Crippen molar-refractivity contribution in [1.29, 1.82) is 0 Å². The zero-order chi connectivity index (χ0) is 21.8. The third kappa shape index (κ3) is 5.17. The van der Waals surface area contributed by atoms with Gasteiger partial charge in [-0.05, 0) is 44.2 Å². The largest absolute Gasteiger partial charge is 0.349 e. The lowest BCUT2D eigenvalue weighted by Gasteiger charge is -2.39. The van der Waals surface area contributed by atoms with E-state index in [1.165, 1.54) is 11.1 Å². The molecule has 1 aliphatic heterocycles. The minimum absolute atomic E-state index is 0.0490. The fraction of sp³-hybridized carbons (Fsp3) is 0.481. The zero-order valence-corrected chi connectivity index (χ0v) is 18.7. The van der Waals surface area contributed by atoms with Crippen LogP contribution >= 0.6 is 0 Å². The van der Waals surface area contributed by atoms with Crippen molar-refractivity contribution in [1.82, 2.24) is 10.2 Å². The molecule has 2 aromatic carbocycles. The molecule has 0 radical (unpaired) electrons. The first kappa shape index (κ1) is 21.6. The Hall–Kier alpha value is -2.62. The third-order valence-corrected chi connectivity index (χ3v) is 7.01. The van der Waals surface area contributed by atoms with Crippen LogP contribution in [0.15, 0.2) is 54.6 Å². The lowest BCUT2D eigenvalue weighted by Crippen LogP contribution is -2.49. The number of hydrogen-bond donors (Lipinski definition) is 1. The Morgan fingerprint density at radius 2 is 1.71 bits per heavy atom. The molecular weight excluding hydrogens is 384 g/mol. The molecule has 2 fully saturated rings. The van der Waals surface area contributed by atoms with Crippen molar-refractivity contribution in [2.24, 2.45) is 11.8 Å². The molecule has 2 aliphatic rings. The van der Waals surface area contributed by atoms with Gasteiger partial charge in [-0.2, -0.15) is 0 Å². The van der Waals surface area contributed by atoms with Gasteiger partial charge in [0.2, 0.25) is 11.8 Å². The van der Waals surface area contributed by atoms with Crippen LogP contribution in [0.25, 0.3) is 0 Å². The fourth-order valence-corrected chi connectivity index (χ4v) is 5.22. The van der Waals surface area contributed by atoms with Crippen molar-refractivity contribution in [3.63, 3.8) is 0 Å². The molecule has 1 saturated carbocycles. The maximum Gasteiger partial charge on any atom is 0.225 e. The van der Waals surface area contributed by atoms with Crippen LogP contribution < -0.4 is 5.32 Å². The van der Waals surface area contributed by atoms with E-state index in [4.69, 9.17) is 0 Å². The summed E-state index contributed by atoms with van der Waals surface area (Å²) in [6.45, 7) is 5.37. The lowest BCUT2D eigenvalue weighted by molar-refractivity contribution is -0.139. The number of rotatable bonds is 5. The van der Waals surface area contributed by atoms with Gasteiger partial charge in [0.25, 0.3) is 0 Å². The quantitative estimate of drug-likeness (QED) is 0.743. The number of carbonyl (C=O) groups excluding carboxylic acids is 2. The minimum atomic E-state index is -0.184. The molecule has 4 heteroatoms. The van der Waals surface area contributed by atoms with Crippen molar-refractivity contribution in [3.05, 3.63) is 71.3 Å². The maximum atomic E-state index is 13.3. The fourth-order valence-electron chi connectivity index (χ4n) is 5.22. The molecular formula is C27H34N2O2. The average molecular weight is 419 g/mol. The van der Waals surface area contributed by atoms with E-state index in [2.05, 4.69) is 36.5 Å². The van der Waals surface area contributed by atoms with E-state index in [9.17, 15) is 9.59 Å². The summed E-state index contributed by atoms with van der Waals surface area (Å²) in [6.07, 6.45) is 5.05. The van der Waals surface area contributed by atoms with Crippen LogP contribution in [0.3, 0.4) is 0 Å². The summed E-state index contributed by atoms with van der Waals surface area (Å²) < 4.78 is 0. The number of carbonyl (C=O) groups is 2. The van der Waals surface area contributed by atoms with Crippen LogP contribution in [-0.4, -0.2) is 29.8 Å². The predicted molar refractivity (Wildman–Crippen MR) is 124 cm³/mol. The SMILES string of the molecule is Cc1cccc(C2CC(C(=O)NC(C)c3ccccc3)CN(C(=O)C3CCCC3)C2)c1. The number of aryl methyl sites for hydroxylation is 1. The van der Waals surface area contributed by atoms with Gasteiger partial charge in [0.1, 0.15) is 0 Å². The van der Waals surface area contributed by atoms with Crippen molar-refractivity contribution in [3.8, 4) is 0 Å². The Morgan fingerprint density at radius 1 is 0.968 bits per heavy atom. The normalized spacial score (nSPS) is 22.8. The molecule has 4 nitrogen and oxygen atoms in total. The standard InChI is InChI=1S/C27H34N2O2/c1-19-9-8-14-23(15-19)24-16-25(18-29(17-24)27(31)22-12-6-7-13-22)26(30)28-20(2)21-10-4-3-5-11-21/h3-5,8-11,14-15,20,22,24-25H,6-7,12-13,16-18H2,1-2H3,(H,28,30). The summed E-state index contributed by atoms with van der Waals surface area (Å²) in [6, 6.07) is 18.5. The van der Waals surface area contributed by atoms with Crippen molar-refractivity contribution >= 4 is 11.8 Å². The number of nitrogens with zero attached hydrogens (tertiary/aromatic N) is 1. The molecule has 1 heterocycles. The first-order valence-electron chi connectivity index (χ1n) is 11.7. The lowest BCUT2D eigenvalue weighted by atomic mass is 9.83. The molecule has 1 N–H and O–H groups in total. The molecule has 3 atom stereocenters. The summed E-state index contributed by atoms with van der Waals surface area (Å²) in [5.41, 5.74) is 3.55. The van der Waals surface area contributed by atoms with Gasteiger partial charge < -0.3 is 10.2 Å². The monoisotopic (exact) mass is 418 g/mol. The predicted octanol–water partition coefficient (Wildman–Crippen LogP) is 4.99. The van der Waals surface area contributed by atoms with Gasteiger partial charge in [0.15, 0.2) is 0 Å². The van der Waals surface area contributed by atoms with Gasteiger partial charge >= 0.3 is 0 Å². The molecule has 2 aromatic rings. The molecule has 0 bridgehead atoms. The second-order valence-electron chi connectivity index (χ2n) is 9.41. The molecule has 1 aliphatic carbocycles. The molecule has 164 valence electrons. The third-order valence-electron chi connectivity index (χ3n) is 7.01. The number of piperidine rings is 1. The van der Waals surface area contributed by atoms with Crippen LogP contribution in [0, 0.1) is 18.8 Å². The van der Waals surface area contributed by atoms with Crippen LogP contribution in [-0.2, 0) is 9.59 Å². The summed E-state index contributed by atoms with van der Waals surface area (Å²) >= 11 is 0. The number of likely N-dealkylation sites (tertiary alicyclic amines) is 1. The van der Waals surface area contributed by atoms with Crippen LogP contribution in [0.2, 0.25) is 0 Å². The van der Waals surface area contributed by atoms with E-state index in [1.54, 1.807) is 0 Å². The molecule has 31 heavy (non-hydrogen) atoms. The van der Waals surface area contributed by atoms with Gasteiger partial charge in [0.05, 0.1) is 12.0 Å². The molecule has 4 rings (SSSR count). The topological polar surface area (TPSA) is 49.4 Å². The number of amides is 2. The van der Waals surface area contributed by atoms with Crippen molar-refractivity contribution < 1.29 is 9.59 Å². The van der Waals surface area contributed by atoms with Gasteiger partial charge in [-0.3, -0.25) is 9.59 Å². The van der Waals surface area contributed by atoms with Gasteiger partial charge in [-0.25, -0.2) is 0 Å². The second-order valence-corrected chi connectivity index (χ2v) is 9.41. The van der Waals surface area contributed by atoms with Crippen LogP contribution in [0.5, 0.6) is 0 Å². The maximum absolute atomic E-state index is 13.3. The summed E-state index contributed by atoms with van der Waals surface area (Å²) in [5.74, 6) is 0.461. The molecule has 2 amide bonds. The zero-order valence-electron chi connectivity index (χ0n) is 18.7. The molecule has 3 unspecified atom stereocenters. The highest BCUT2D eigenvalue weighted by atomic mass is 16.2. The first-order chi connectivity index (χ1) is 15.0. The van der Waals surface area contributed by atoms with E-state index >= 15 is 0 Å². The first-order valence-corrected chi connectivity index (χ1v) is 11.7. The van der Waals surface area contributed by atoms with E-state index in [1.807, 2.05) is 42.2 Å². The second kappa shape index (κ2) is 9.67. The smallest absolute Gasteiger partial charge is 0.225 e. The summed E-state index contributed by atoms with van der Waals surface area (Å²) in [4.78, 5) is 28.5. The summed E-state index contributed by atoms with van der Waals surface area (Å²) in [7, 11) is 0. The van der Waals surface area contributed by atoms with E-state index < -0.39 is 0 Å². The average Bonchev–Trinajstić information content (AvgIpc) is 3.34. The molecule has 0 spiro atoms. The highest BCUT2D eigenvalue weighted by molar-refractivity contribution is 5.83. The minimum Gasteiger partial charge on any atom is -0.349 e. The van der Waals surface area contributed by atoms with E-state index in [0.717, 1.165) is 44.2 Å². The van der Waals surface area contributed by atoms with E-state index in [-0.39, 0.29) is 35.6 Å². The number of nitrogens with one attached hydrogen (secondary N) is 1. The number of hydrogen-bond acceptors (Lipinski definition) is 2. The van der Waals surface area contributed by atoms with Crippen molar-refractivity contribution in [2.75, 3.05) is 13.1 Å². The highest BCUT2D eigenvalue weighted by Crippen LogP contribution is 2.34. The van der Waals surface area contributed by atoms with Gasteiger partial charge in [-0.1, -0.05) is 73.0 Å². The molecule has 1 saturated heterocycles. The van der Waals surface area contributed by atoms with Gasteiger partial charge in [-0.15, -0.1) is 0 Å². The Balaban J connectivity index is 1.52.